The van der Waals surface area contributed by atoms with E-state index in [4.69, 9.17) is 21.1 Å². The second-order valence-electron chi connectivity index (χ2n) is 6.00. The predicted octanol–water partition coefficient (Wildman–Crippen LogP) is 4.49. The van der Waals surface area contributed by atoms with Gasteiger partial charge in [-0.25, -0.2) is 9.97 Å². The van der Waals surface area contributed by atoms with Crippen molar-refractivity contribution >= 4 is 17.4 Å². The third-order valence-corrected chi connectivity index (χ3v) is 4.59. The lowest BCUT2D eigenvalue weighted by atomic mass is 10.1. The van der Waals surface area contributed by atoms with Crippen LogP contribution in [0.4, 0.5) is 5.82 Å². The molecule has 0 saturated carbocycles. The van der Waals surface area contributed by atoms with E-state index in [1.54, 1.807) is 0 Å². The van der Waals surface area contributed by atoms with Gasteiger partial charge in [-0.1, -0.05) is 29.8 Å². The first kappa shape index (κ1) is 16.7. The van der Waals surface area contributed by atoms with E-state index in [0.717, 1.165) is 33.2 Å². The molecule has 0 aliphatic carbocycles. The number of hydrogen-bond donors (Lipinski definition) is 1. The summed E-state index contributed by atoms with van der Waals surface area (Å²) in [6, 6.07) is 13.7. The third-order valence-electron chi connectivity index (χ3n) is 4.22. The third kappa shape index (κ3) is 3.44. The van der Waals surface area contributed by atoms with Crippen molar-refractivity contribution in [3.8, 4) is 22.8 Å². The van der Waals surface area contributed by atoms with Gasteiger partial charge in [0.25, 0.3) is 5.88 Å². The Morgan fingerprint density at radius 2 is 1.96 bits per heavy atom. The first-order valence-corrected chi connectivity index (χ1v) is 8.79. The smallest absolute Gasteiger partial charge is 0.257 e. The molecular formula is C20H18ClN3O2. The van der Waals surface area contributed by atoms with Crippen LogP contribution in [0.3, 0.4) is 0 Å². The number of aryl methyl sites for hydroxylation is 1. The Morgan fingerprint density at radius 1 is 1.12 bits per heavy atom. The van der Waals surface area contributed by atoms with Crippen molar-refractivity contribution in [3.05, 3.63) is 64.9 Å². The molecule has 3 aromatic rings. The molecule has 3 heterocycles. The summed E-state index contributed by atoms with van der Waals surface area (Å²) >= 11 is 6.18. The van der Waals surface area contributed by atoms with Crippen molar-refractivity contribution in [2.45, 2.75) is 13.5 Å². The fourth-order valence-corrected chi connectivity index (χ4v) is 3.04. The number of halogens is 1. The largest absolute Gasteiger partial charge is 0.484 e. The topological polar surface area (TPSA) is 56.3 Å². The normalized spacial score (nSPS) is 12.7. The number of nitrogens with one attached hydrogen (secondary N) is 1. The number of nitrogens with zero attached hydrogens (tertiary/aromatic N) is 2. The molecular weight excluding hydrogens is 350 g/mol. The van der Waals surface area contributed by atoms with E-state index in [1.807, 2.05) is 55.6 Å². The highest BCUT2D eigenvalue weighted by molar-refractivity contribution is 6.31. The maximum atomic E-state index is 6.18. The quantitative estimate of drug-likeness (QED) is 0.736. The average Bonchev–Trinajstić information content (AvgIpc) is 2.67. The highest BCUT2D eigenvalue weighted by Crippen LogP contribution is 2.34. The number of ether oxygens (including phenoxy) is 2. The highest BCUT2D eigenvalue weighted by Gasteiger charge is 2.16. The van der Waals surface area contributed by atoms with Crippen LogP contribution in [0.15, 0.2) is 48.7 Å². The van der Waals surface area contributed by atoms with E-state index < -0.39 is 0 Å². The number of benzene rings is 1. The van der Waals surface area contributed by atoms with Crippen LogP contribution in [0.1, 0.15) is 11.3 Å². The van der Waals surface area contributed by atoms with Gasteiger partial charge in [-0.2, -0.15) is 0 Å². The summed E-state index contributed by atoms with van der Waals surface area (Å²) in [5.41, 5.74) is 3.88. The van der Waals surface area contributed by atoms with Crippen molar-refractivity contribution in [1.29, 1.82) is 0 Å². The van der Waals surface area contributed by atoms with E-state index in [-0.39, 0.29) is 0 Å². The molecule has 132 valence electrons. The van der Waals surface area contributed by atoms with E-state index >= 15 is 0 Å². The molecule has 0 atom stereocenters. The maximum absolute atomic E-state index is 6.18. The lowest BCUT2D eigenvalue weighted by molar-refractivity contribution is 0.164. The Hall–Kier alpha value is -2.79. The lowest BCUT2D eigenvalue weighted by Crippen LogP contribution is -2.16. The molecule has 1 N–H and O–H groups in total. The Kier molecular flexibility index (Phi) is 4.63. The van der Waals surface area contributed by atoms with Gasteiger partial charge in [0.2, 0.25) is 0 Å². The second kappa shape index (κ2) is 7.22. The summed E-state index contributed by atoms with van der Waals surface area (Å²) in [6.07, 6.45) is 1.83. The van der Waals surface area contributed by atoms with Crippen LogP contribution in [0.5, 0.6) is 11.6 Å². The number of rotatable bonds is 4. The van der Waals surface area contributed by atoms with E-state index in [9.17, 15) is 0 Å². The molecule has 0 fully saturated rings. The maximum Gasteiger partial charge on any atom is 0.257 e. The summed E-state index contributed by atoms with van der Waals surface area (Å²) in [5.74, 6) is 2.03. The summed E-state index contributed by atoms with van der Waals surface area (Å²) < 4.78 is 11.2. The molecule has 0 unspecified atom stereocenters. The van der Waals surface area contributed by atoms with E-state index in [2.05, 4.69) is 15.3 Å². The number of aromatic nitrogens is 2. The van der Waals surface area contributed by atoms with Crippen LogP contribution in [0.25, 0.3) is 11.1 Å². The minimum Gasteiger partial charge on any atom is -0.484 e. The Bertz CT molecular complexity index is 929. The molecule has 0 saturated heterocycles. The van der Waals surface area contributed by atoms with Crippen molar-refractivity contribution in [2.24, 2.45) is 0 Å². The minimum atomic E-state index is 0.534. The molecule has 4 rings (SSSR count). The van der Waals surface area contributed by atoms with Crippen molar-refractivity contribution in [1.82, 2.24) is 9.97 Å². The monoisotopic (exact) mass is 367 g/mol. The summed E-state index contributed by atoms with van der Waals surface area (Å²) in [4.78, 5) is 8.99. The van der Waals surface area contributed by atoms with Crippen LogP contribution >= 0.6 is 11.6 Å². The van der Waals surface area contributed by atoms with E-state index in [1.165, 1.54) is 0 Å². The van der Waals surface area contributed by atoms with Gasteiger partial charge < -0.3 is 14.8 Å². The fraction of sp³-hybridized carbons (Fsp3) is 0.200. The molecule has 0 amide bonds. The van der Waals surface area contributed by atoms with Gasteiger partial charge in [-0.15, -0.1) is 0 Å². The predicted molar refractivity (Wildman–Crippen MR) is 102 cm³/mol. The second-order valence-corrected chi connectivity index (χ2v) is 6.41. The standard InChI is InChI=1S/C20H18ClN3O2/c1-13-16(10-18-20(24-13)26-9-8-25-18)14-6-7-19(22-11-14)23-12-15-4-2-3-5-17(15)21/h2-7,10-11H,8-9,12H2,1H3,(H,22,23). The average molecular weight is 368 g/mol. The molecule has 6 heteroatoms. The molecule has 26 heavy (non-hydrogen) atoms. The zero-order valence-corrected chi connectivity index (χ0v) is 15.1. The molecule has 0 bridgehead atoms. The van der Waals surface area contributed by atoms with Crippen LogP contribution in [0.2, 0.25) is 5.02 Å². The first-order valence-electron chi connectivity index (χ1n) is 8.41. The Labute approximate surface area is 157 Å². The molecule has 1 aliphatic rings. The van der Waals surface area contributed by atoms with Gasteiger partial charge >= 0.3 is 0 Å². The number of anilines is 1. The summed E-state index contributed by atoms with van der Waals surface area (Å²) in [6.45, 7) is 3.65. The number of hydrogen-bond acceptors (Lipinski definition) is 5. The number of fused-ring (bicyclic) bond motifs is 1. The summed E-state index contributed by atoms with van der Waals surface area (Å²) in [5, 5.41) is 4.03. The van der Waals surface area contributed by atoms with Crippen molar-refractivity contribution in [2.75, 3.05) is 18.5 Å². The van der Waals surface area contributed by atoms with Crippen LogP contribution < -0.4 is 14.8 Å². The van der Waals surface area contributed by atoms with Crippen molar-refractivity contribution in [3.63, 3.8) is 0 Å². The molecule has 5 nitrogen and oxygen atoms in total. The Balaban J connectivity index is 1.52. The van der Waals surface area contributed by atoms with Crippen LogP contribution in [0, 0.1) is 6.92 Å². The molecule has 0 radical (unpaired) electrons. The highest BCUT2D eigenvalue weighted by atomic mass is 35.5. The van der Waals surface area contributed by atoms with Crippen LogP contribution in [-0.2, 0) is 6.54 Å². The van der Waals surface area contributed by atoms with Gasteiger partial charge in [0.15, 0.2) is 5.75 Å². The molecule has 1 aliphatic heterocycles. The number of pyridine rings is 2. The van der Waals surface area contributed by atoms with Gasteiger partial charge in [0.05, 0.1) is 0 Å². The van der Waals surface area contributed by atoms with Gasteiger partial charge in [-0.05, 0) is 36.8 Å². The summed E-state index contributed by atoms with van der Waals surface area (Å²) in [7, 11) is 0. The van der Waals surface area contributed by atoms with Gasteiger partial charge in [0.1, 0.15) is 19.0 Å². The minimum absolute atomic E-state index is 0.534. The molecule has 0 spiro atoms. The van der Waals surface area contributed by atoms with Gasteiger partial charge in [-0.3, -0.25) is 0 Å². The zero-order valence-electron chi connectivity index (χ0n) is 14.3. The van der Waals surface area contributed by atoms with Crippen LogP contribution in [-0.4, -0.2) is 23.2 Å². The fourth-order valence-electron chi connectivity index (χ4n) is 2.84. The SMILES string of the molecule is Cc1nc2c(cc1-c1ccc(NCc3ccccc3Cl)nc1)OCCO2. The first-order chi connectivity index (χ1) is 12.7. The Morgan fingerprint density at radius 3 is 2.77 bits per heavy atom. The van der Waals surface area contributed by atoms with Gasteiger partial charge in [0, 0.05) is 34.6 Å². The lowest BCUT2D eigenvalue weighted by Gasteiger charge is -2.19. The van der Waals surface area contributed by atoms with E-state index in [0.29, 0.717) is 31.4 Å². The molecule has 2 aromatic heterocycles. The zero-order chi connectivity index (χ0) is 17.9. The van der Waals surface area contributed by atoms with Crippen molar-refractivity contribution < 1.29 is 9.47 Å². The molecule has 1 aromatic carbocycles.